The monoisotopic (exact) mass is 405 g/mol. The number of imide groups is 1. The van der Waals surface area contributed by atoms with Crippen molar-refractivity contribution >= 4 is 17.7 Å². The van der Waals surface area contributed by atoms with Gasteiger partial charge in [-0.3, -0.25) is 14.5 Å². The number of nitrogens with one attached hydrogen (secondary N) is 1. The van der Waals surface area contributed by atoms with Gasteiger partial charge >= 0.3 is 6.03 Å². The van der Waals surface area contributed by atoms with Gasteiger partial charge in [0.05, 0.1) is 6.54 Å². The Hall–Kier alpha value is -2.89. The molecule has 1 aliphatic heterocycles. The maximum atomic E-state index is 13.3. The van der Waals surface area contributed by atoms with Crippen molar-refractivity contribution in [3.05, 3.63) is 52.8 Å². The Morgan fingerprint density at radius 2 is 1.73 bits per heavy atom. The maximum Gasteiger partial charge on any atom is 0.325 e. The Bertz CT molecular complexity index is 1060. The average Bonchev–Trinajstić information content (AvgIpc) is 3.60. The molecule has 0 radical (unpaired) electrons. The fourth-order valence-electron chi connectivity index (χ4n) is 5.16. The van der Waals surface area contributed by atoms with Gasteiger partial charge in [0.25, 0.3) is 5.91 Å². The zero-order valence-electron chi connectivity index (χ0n) is 17.7. The van der Waals surface area contributed by atoms with Crippen LogP contribution in [0.3, 0.4) is 0 Å². The largest absolute Gasteiger partial charge is 0.325 e. The number of hydrogen-bond acceptors (Lipinski definition) is 3. The summed E-state index contributed by atoms with van der Waals surface area (Å²) in [6, 6.07) is 9.55. The van der Waals surface area contributed by atoms with Crippen molar-refractivity contribution in [1.29, 1.82) is 0 Å². The molecule has 0 spiro atoms. The molecule has 0 unspecified atom stereocenters. The number of aromatic nitrogens is 1. The van der Waals surface area contributed by atoms with E-state index in [4.69, 9.17) is 0 Å². The van der Waals surface area contributed by atoms with Gasteiger partial charge in [-0.05, 0) is 82.1 Å². The quantitative estimate of drug-likeness (QED) is 0.588. The Morgan fingerprint density at radius 1 is 1.07 bits per heavy atom. The highest BCUT2D eigenvalue weighted by Gasteiger charge is 2.65. The first kappa shape index (κ1) is 19.1. The minimum atomic E-state index is -0.754. The number of carbonyl (C=O) groups is 3. The zero-order chi connectivity index (χ0) is 21.2. The van der Waals surface area contributed by atoms with E-state index in [9.17, 15) is 14.4 Å². The molecule has 30 heavy (non-hydrogen) atoms. The minimum absolute atomic E-state index is 0.196. The molecule has 1 aromatic heterocycles. The van der Waals surface area contributed by atoms with Crippen LogP contribution >= 0.6 is 0 Å². The van der Waals surface area contributed by atoms with E-state index in [2.05, 4.69) is 11.4 Å². The molecule has 1 aromatic carbocycles. The molecule has 3 fully saturated rings. The number of ketones is 1. The van der Waals surface area contributed by atoms with E-state index in [0.717, 1.165) is 53.2 Å². The Labute approximate surface area is 176 Å². The molecule has 2 aromatic rings. The summed E-state index contributed by atoms with van der Waals surface area (Å²) in [6.45, 7) is 5.70. The van der Waals surface area contributed by atoms with Crippen LogP contribution in [0.1, 0.15) is 53.0 Å². The molecule has 156 valence electrons. The third kappa shape index (κ3) is 2.81. The smallest absolute Gasteiger partial charge is 0.323 e. The molecule has 1 N–H and O–H groups in total. The molecule has 0 atom stereocenters. The molecule has 6 heteroatoms. The summed E-state index contributed by atoms with van der Waals surface area (Å²) in [5.74, 6) is 0.0621. The van der Waals surface area contributed by atoms with Crippen molar-refractivity contribution in [1.82, 2.24) is 14.8 Å². The lowest BCUT2D eigenvalue weighted by atomic mass is 9.87. The second-order valence-electron chi connectivity index (χ2n) is 9.12. The number of aryl methyl sites for hydroxylation is 2. The fourth-order valence-corrected chi connectivity index (χ4v) is 5.16. The third-order valence-corrected chi connectivity index (χ3v) is 6.89. The highest BCUT2D eigenvalue weighted by Crippen LogP contribution is 2.54. The number of amides is 3. The molecule has 1 saturated heterocycles. The summed E-state index contributed by atoms with van der Waals surface area (Å²) in [4.78, 5) is 40.3. The lowest BCUT2D eigenvalue weighted by molar-refractivity contribution is -0.132. The number of carbonyl (C=O) groups excluding carboxylic acids is 3. The summed E-state index contributed by atoms with van der Waals surface area (Å²) < 4.78 is 2.05. The van der Waals surface area contributed by atoms with E-state index in [-0.39, 0.29) is 30.1 Å². The zero-order valence-corrected chi connectivity index (χ0v) is 17.7. The van der Waals surface area contributed by atoms with Crippen LogP contribution in [0, 0.1) is 32.6 Å². The molecule has 2 heterocycles. The Morgan fingerprint density at radius 3 is 2.33 bits per heavy atom. The van der Waals surface area contributed by atoms with Crippen molar-refractivity contribution in [2.75, 3.05) is 6.54 Å². The van der Waals surface area contributed by atoms with Crippen molar-refractivity contribution in [3.8, 4) is 5.69 Å². The molecule has 3 aliphatic rings. The van der Waals surface area contributed by atoms with Gasteiger partial charge in [-0.25, -0.2) is 4.79 Å². The number of Topliss-reactive ketones (excluding diaryl/α,β-unsaturated/α-hetero) is 1. The van der Waals surface area contributed by atoms with Crippen LogP contribution in [0.2, 0.25) is 0 Å². The average molecular weight is 405 g/mol. The standard InChI is InChI=1S/C24H27N3O3/c1-14-5-4-6-19(11-14)27-15(2)12-20(16(27)3)21(28)13-26-22(29)24(17-7-8-17,18-9-10-18)25-23(26)30/h4-6,11-12,17-18H,7-10,13H2,1-3H3,(H,25,30). The molecule has 6 nitrogen and oxygen atoms in total. The molecule has 5 rings (SSSR count). The first-order chi connectivity index (χ1) is 14.3. The summed E-state index contributed by atoms with van der Waals surface area (Å²) in [7, 11) is 0. The predicted octanol–water partition coefficient (Wildman–Crippen LogP) is 3.70. The van der Waals surface area contributed by atoms with Gasteiger partial charge in [0.15, 0.2) is 5.78 Å². The van der Waals surface area contributed by atoms with Crippen LogP contribution in [0.4, 0.5) is 4.79 Å². The van der Waals surface area contributed by atoms with Gasteiger partial charge in [-0.15, -0.1) is 0 Å². The van der Waals surface area contributed by atoms with Crippen molar-refractivity contribution < 1.29 is 14.4 Å². The molecular weight excluding hydrogens is 378 g/mol. The van der Waals surface area contributed by atoms with Crippen molar-refractivity contribution in [2.24, 2.45) is 11.8 Å². The van der Waals surface area contributed by atoms with Gasteiger partial charge in [0.2, 0.25) is 0 Å². The van der Waals surface area contributed by atoms with Crippen LogP contribution in [-0.4, -0.2) is 39.3 Å². The fraction of sp³-hybridized carbons (Fsp3) is 0.458. The Kier molecular flexibility index (Phi) is 4.17. The van der Waals surface area contributed by atoms with Crippen molar-refractivity contribution in [3.63, 3.8) is 0 Å². The minimum Gasteiger partial charge on any atom is -0.323 e. The first-order valence-corrected chi connectivity index (χ1v) is 10.8. The van der Waals surface area contributed by atoms with Gasteiger partial charge in [-0.1, -0.05) is 12.1 Å². The lowest BCUT2D eigenvalue weighted by Gasteiger charge is -2.26. The second kappa shape index (κ2) is 6.56. The summed E-state index contributed by atoms with van der Waals surface area (Å²) in [6.07, 6.45) is 3.90. The topological polar surface area (TPSA) is 71.4 Å². The lowest BCUT2D eigenvalue weighted by Crippen LogP contribution is -2.51. The number of benzene rings is 1. The van der Waals surface area contributed by atoms with Crippen LogP contribution in [0.25, 0.3) is 5.69 Å². The Balaban J connectivity index is 1.42. The van der Waals surface area contributed by atoms with Crippen LogP contribution in [0.15, 0.2) is 30.3 Å². The third-order valence-electron chi connectivity index (χ3n) is 6.89. The first-order valence-electron chi connectivity index (χ1n) is 10.8. The number of rotatable bonds is 6. The van der Waals surface area contributed by atoms with Gasteiger partial charge in [-0.2, -0.15) is 0 Å². The molecule has 2 aliphatic carbocycles. The number of hydrogen-bond donors (Lipinski definition) is 1. The summed E-state index contributed by atoms with van der Waals surface area (Å²) in [5.41, 5.74) is 3.72. The van der Waals surface area contributed by atoms with E-state index >= 15 is 0 Å². The maximum absolute atomic E-state index is 13.3. The second-order valence-corrected chi connectivity index (χ2v) is 9.12. The molecular formula is C24H27N3O3. The molecule has 2 saturated carbocycles. The van der Waals surface area contributed by atoms with E-state index < -0.39 is 11.6 Å². The van der Waals surface area contributed by atoms with Crippen LogP contribution in [-0.2, 0) is 4.79 Å². The van der Waals surface area contributed by atoms with Crippen molar-refractivity contribution in [2.45, 2.75) is 52.0 Å². The SMILES string of the molecule is Cc1cccc(-n2c(C)cc(C(=O)CN3C(=O)NC(C4CC4)(C4CC4)C3=O)c2C)c1. The molecule has 0 bridgehead atoms. The predicted molar refractivity (Wildman–Crippen MR) is 113 cm³/mol. The highest BCUT2D eigenvalue weighted by atomic mass is 16.2. The van der Waals surface area contributed by atoms with Gasteiger partial charge in [0, 0.05) is 22.6 Å². The van der Waals surface area contributed by atoms with Gasteiger partial charge < -0.3 is 9.88 Å². The van der Waals surface area contributed by atoms with E-state index in [1.165, 1.54) is 0 Å². The van der Waals surface area contributed by atoms with Crippen LogP contribution in [0.5, 0.6) is 0 Å². The van der Waals surface area contributed by atoms with E-state index in [0.29, 0.717) is 5.56 Å². The van der Waals surface area contributed by atoms with E-state index in [1.807, 2.05) is 49.6 Å². The van der Waals surface area contributed by atoms with E-state index in [1.54, 1.807) is 0 Å². The summed E-state index contributed by atoms with van der Waals surface area (Å²) >= 11 is 0. The highest BCUT2D eigenvalue weighted by molar-refractivity contribution is 6.12. The number of nitrogens with zero attached hydrogens (tertiary/aromatic N) is 2. The normalized spacial score (nSPS) is 20.6. The van der Waals surface area contributed by atoms with Gasteiger partial charge in [0.1, 0.15) is 5.54 Å². The van der Waals surface area contributed by atoms with Crippen LogP contribution < -0.4 is 5.32 Å². The summed E-state index contributed by atoms with van der Waals surface area (Å²) in [5, 5.41) is 2.99. The molecule has 3 amide bonds. The number of urea groups is 1.